The Labute approximate surface area is 174 Å². The summed E-state index contributed by atoms with van der Waals surface area (Å²) in [5, 5.41) is 0. The lowest BCUT2D eigenvalue weighted by Gasteiger charge is -2.44. The fraction of sp³-hybridized carbons (Fsp3) is 0.480. The van der Waals surface area contributed by atoms with E-state index in [0.717, 1.165) is 37.5 Å². The Morgan fingerprint density at radius 2 is 1.69 bits per heavy atom. The molecule has 4 nitrogen and oxygen atoms in total. The molecular weight excluding hydrogens is 360 g/mol. The minimum absolute atomic E-state index is 0.231. The van der Waals surface area contributed by atoms with Crippen molar-refractivity contribution < 1.29 is 9.53 Å². The van der Waals surface area contributed by atoms with Crippen molar-refractivity contribution in [2.75, 3.05) is 31.6 Å². The largest absolute Gasteiger partial charge is 0.497 e. The van der Waals surface area contributed by atoms with Gasteiger partial charge in [-0.15, -0.1) is 0 Å². The molecule has 154 valence electrons. The number of amides is 1. The van der Waals surface area contributed by atoms with Crippen molar-refractivity contribution >= 4 is 11.6 Å². The predicted molar refractivity (Wildman–Crippen MR) is 117 cm³/mol. The van der Waals surface area contributed by atoms with Crippen LogP contribution in [-0.4, -0.2) is 43.6 Å². The van der Waals surface area contributed by atoms with Crippen molar-refractivity contribution in [3.63, 3.8) is 0 Å². The van der Waals surface area contributed by atoms with E-state index in [4.69, 9.17) is 4.74 Å². The Balaban J connectivity index is 1.48. The second kappa shape index (κ2) is 9.00. The summed E-state index contributed by atoms with van der Waals surface area (Å²) in [6.07, 6.45) is 4.09. The van der Waals surface area contributed by atoms with Crippen LogP contribution in [0.2, 0.25) is 0 Å². The third kappa shape index (κ3) is 4.32. The number of anilines is 1. The molecule has 1 unspecified atom stereocenters. The molecule has 1 aliphatic carbocycles. The summed E-state index contributed by atoms with van der Waals surface area (Å²) in [6.45, 7) is 5.26. The molecule has 1 heterocycles. The lowest BCUT2D eigenvalue weighted by molar-refractivity contribution is -0.119. The van der Waals surface area contributed by atoms with E-state index in [9.17, 15) is 4.79 Å². The van der Waals surface area contributed by atoms with E-state index in [2.05, 4.69) is 40.1 Å². The van der Waals surface area contributed by atoms with E-state index in [1.54, 1.807) is 7.11 Å². The van der Waals surface area contributed by atoms with Crippen LogP contribution >= 0.6 is 0 Å². The number of nitrogens with zero attached hydrogens (tertiary/aromatic N) is 2. The molecule has 29 heavy (non-hydrogen) atoms. The van der Waals surface area contributed by atoms with Gasteiger partial charge in [-0.3, -0.25) is 4.79 Å². The van der Waals surface area contributed by atoms with E-state index in [1.165, 1.54) is 18.4 Å². The van der Waals surface area contributed by atoms with Gasteiger partial charge in [-0.05, 0) is 60.9 Å². The van der Waals surface area contributed by atoms with Crippen LogP contribution in [0.4, 0.5) is 5.69 Å². The number of hydrogen-bond donors (Lipinski definition) is 0. The average molecular weight is 393 g/mol. The molecular formula is C25H32N2O2. The van der Waals surface area contributed by atoms with Crippen LogP contribution in [0.25, 0.3) is 0 Å². The number of benzene rings is 2. The van der Waals surface area contributed by atoms with Gasteiger partial charge >= 0.3 is 0 Å². The molecule has 1 amide bonds. The molecule has 0 aromatic heterocycles. The number of carbonyl (C=O) groups excluding carboxylic acids is 1. The Morgan fingerprint density at radius 1 is 1.03 bits per heavy atom. The summed E-state index contributed by atoms with van der Waals surface area (Å²) in [5.74, 6) is 2.18. The van der Waals surface area contributed by atoms with Crippen LogP contribution in [0.5, 0.6) is 5.75 Å². The van der Waals surface area contributed by atoms with Crippen LogP contribution in [0.1, 0.15) is 31.7 Å². The van der Waals surface area contributed by atoms with Gasteiger partial charge in [0, 0.05) is 37.8 Å². The molecule has 2 bridgehead atoms. The highest BCUT2D eigenvalue weighted by molar-refractivity contribution is 5.94. The number of fused-ring (bicyclic) bond motifs is 2. The first-order chi connectivity index (χ1) is 14.2. The average Bonchev–Trinajstić information content (AvgIpc) is 3.02. The highest BCUT2D eigenvalue weighted by atomic mass is 16.5. The van der Waals surface area contributed by atoms with Gasteiger partial charge in [-0.2, -0.15) is 0 Å². The molecule has 2 fully saturated rings. The fourth-order valence-electron chi connectivity index (χ4n) is 5.22. The first-order valence-corrected chi connectivity index (χ1v) is 10.9. The second-order valence-corrected chi connectivity index (χ2v) is 8.40. The van der Waals surface area contributed by atoms with Gasteiger partial charge in [0.15, 0.2) is 0 Å². The number of hydrogen-bond acceptors (Lipinski definition) is 3. The lowest BCUT2D eigenvalue weighted by Crippen LogP contribution is -2.55. The van der Waals surface area contributed by atoms with E-state index < -0.39 is 0 Å². The van der Waals surface area contributed by atoms with Gasteiger partial charge in [-0.25, -0.2) is 0 Å². The topological polar surface area (TPSA) is 32.8 Å². The molecule has 4 rings (SSSR count). The Hall–Kier alpha value is -2.33. The van der Waals surface area contributed by atoms with Gasteiger partial charge < -0.3 is 14.5 Å². The van der Waals surface area contributed by atoms with Gasteiger partial charge in [0.1, 0.15) is 5.75 Å². The first kappa shape index (κ1) is 20.0. The van der Waals surface area contributed by atoms with Crippen LogP contribution in [0, 0.1) is 11.8 Å². The number of ether oxygens (including phenoxy) is 1. The smallest absolute Gasteiger partial charge is 0.226 e. The van der Waals surface area contributed by atoms with E-state index in [1.807, 2.05) is 31.2 Å². The number of rotatable bonds is 7. The summed E-state index contributed by atoms with van der Waals surface area (Å²) >= 11 is 0. The normalized spacial score (nSPS) is 23.7. The lowest BCUT2D eigenvalue weighted by atomic mass is 9.89. The fourth-order valence-corrected chi connectivity index (χ4v) is 5.22. The molecule has 3 atom stereocenters. The molecule has 0 N–H and O–H groups in total. The van der Waals surface area contributed by atoms with Crippen molar-refractivity contribution in [1.29, 1.82) is 0 Å². The maximum atomic E-state index is 13.0. The number of carbonyl (C=O) groups is 1. The van der Waals surface area contributed by atoms with E-state index >= 15 is 0 Å². The zero-order chi connectivity index (χ0) is 20.2. The number of methoxy groups -OCH3 is 1. The second-order valence-electron chi connectivity index (χ2n) is 8.40. The van der Waals surface area contributed by atoms with Crippen molar-refractivity contribution in [3.05, 3.63) is 60.2 Å². The highest BCUT2D eigenvalue weighted by Crippen LogP contribution is 2.42. The summed E-state index contributed by atoms with van der Waals surface area (Å²) < 4.78 is 5.30. The zero-order valence-corrected chi connectivity index (χ0v) is 17.6. The van der Waals surface area contributed by atoms with Crippen molar-refractivity contribution in [2.45, 2.75) is 38.6 Å². The van der Waals surface area contributed by atoms with Crippen LogP contribution in [0.3, 0.4) is 0 Å². The van der Waals surface area contributed by atoms with E-state index in [-0.39, 0.29) is 5.91 Å². The quantitative estimate of drug-likeness (QED) is 0.700. The van der Waals surface area contributed by atoms with Gasteiger partial charge in [-0.1, -0.05) is 37.3 Å². The Kier molecular flexibility index (Phi) is 6.19. The molecule has 0 spiro atoms. The van der Waals surface area contributed by atoms with Gasteiger partial charge in [0.25, 0.3) is 0 Å². The standard InChI is InChI=1S/C25H32N2O2/c1-3-24(28)27(22-11-13-23(29-2)14-12-22)25-20-9-10-21(25)18-26(17-20)16-15-19-7-5-4-6-8-19/h4-8,11-14,20-21,25H,3,9-10,15-18H2,1-2H3/t20-,21+,25?. The zero-order valence-electron chi connectivity index (χ0n) is 17.6. The Morgan fingerprint density at radius 3 is 2.28 bits per heavy atom. The summed E-state index contributed by atoms with van der Waals surface area (Å²) in [5.41, 5.74) is 2.42. The van der Waals surface area contributed by atoms with Crippen molar-refractivity contribution in [2.24, 2.45) is 11.8 Å². The number of likely N-dealkylation sites (tertiary alicyclic amines) is 1. The van der Waals surface area contributed by atoms with Gasteiger partial charge in [0.2, 0.25) is 5.91 Å². The number of piperidine rings is 1. The molecule has 1 aliphatic heterocycles. The minimum Gasteiger partial charge on any atom is -0.497 e. The molecule has 2 aromatic carbocycles. The van der Waals surface area contributed by atoms with Crippen molar-refractivity contribution in [3.8, 4) is 5.75 Å². The first-order valence-electron chi connectivity index (χ1n) is 10.9. The van der Waals surface area contributed by atoms with Crippen LogP contribution in [0.15, 0.2) is 54.6 Å². The van der Waals surface area contributed by atoms with E-state index in [0.29, 0.717) is 24.3 Å². The Bertz CT molecular complexity index is 791. The predicted octanol–water partition coefficient (Wildman–Crippen LogP) is 4.39. The van der Waals surface area contributed by atoms with Crippen LogP contribution in [-0.2, 0) is 11.2 Å². The summed E-state index contributed by atoms with van der Waals surface area (Å²) in [4.78, 5) is 17.7. The molecule has 2 aliphatic rings. The molecule has 1 saturated heterocycles. The maximum absolute atomic E-state index is 13.0. The molecule has 1 saturated carbocycles. The third-order valence-electron chi connectivity index (χ3n) is 6.64. The monoisotopic (exact) mass is 392 g/mol. The molecule has 0 radical (unpaired) electrons. The SMILES string of the molecule is CCC(=O)N(c1ccc(OC)cc1)C1[C@@H]2CC[C@H]1CN(CCc1ccccc1)C2. The molecule has 2 aromatic rings. The van der Waals surface area contributed by atoms with Crippen molar-refractivity contribution in [1.82, 2.24) is 4.90 Å². The molecule has 4 heteroatoms. The summed E-state index contributed by atoms with van der Waals surface area (Å²) in [7, 11) is 1.68. The van der Waals surface area contributed by atoms with Gasteiger partial charge in [0.05, 0.1) is 7.11 Å². The minimum atomic E-state index is 0.231. The third-order valence-corrected chi connectivity index (χ3v) is 6.64. The summed E-state index contributed by atoms with van der Waals surface area (Å²) in [6, 6.07) is 19.1. The maximum Gasteiger partial charge on any atom is 0.226 e. The highest BCUT2D eigenvalue weighted by Gasteiger charge is 2.46. The van der Waals surface area contributed by atoms with Crippen LogP contribution < -0.4 is 9.64 Å².